The number of hydrogen-bond donors (Lipinski definition) is 0. The Morgan fingerprint density at radius 2 is 1.38 bits per heavy atom. The minimum Gasteiger partial charge on any atom is -0.465 e. The molecule has 1 aromatic heterocycles. The Balaban J connectivity index is 2.33. The van der Waals surface area contributed by atoms with Crippen LogP contribution in [-0.2, 0) is 25.7 Å². The third-order valence-corrected chi connectivity index (χ3v) is 3.13. The molecular weight excluding hydrogens is 164 g/mol. The number of aryl methyl sites for hydroxylation is 2. The maximum atomic E-state index is 11.9. The van der Waals surface area contributed by atoms with E-state index in [9.17, 15) is 4.79 Å². The average molecular weight is 176 g/mol. The fourth-order valence-corrected chi connectivity index (χ4v) is 2.47. The molecule has 13 heavy (non-hydrogen) atoms. The van der Waals surface area contributed by atoms with Crippen LogP contribution in [0, 0.1) is 0 Å². The maximum Gasteiger partial charge on any atom is 0.191 e. The summed E-state index contributed by atoms with van der Waals surface area (Å²) in [6, 6.07) is 0. The molecule has 0 unspecified atom stereocenters. The Morgan fingerprint density at radius 3 is 1.92 bits per heavy atom. The lowest BCUT2D eigenvalue weighted by Gasteiger charge is -2.02. The molecule has 0 atom stereocenters. The van der Waals surface area contributed by atoms with Gasteiger partial charge in [-0.05, 0) is 25.7 Å². The van der Waals surface area contributed by atoms with Gasteiger partial charge in [-0.2, -0.15) is 0 Å². The first-order valence-electron chi connectivity index (χ1n) is 5.03. The minimum absolute atomic E-state index is 0.297. The lowest BCUT2D eigenvalue weighted by Crippen LogP contribution is -2.13. The molecule has 2 nitrogen and oxygen atoms in total. The van der Waals surface area contributed by atoms with Crippen LogP contribution < -0.4 is 5.43 Å². The van der Waals surface area contributed by atoms with Gasteiger partial charge in [0.1, 0.15) is 11.5 Å². The molecule has 0 fully saturated rings. The molecule has 3 rings (SSSR count). The summed E-state index contributed by atoms with van der Waals surface area (Å²) >= 11 is 0. The Kier molecular flexibility index (Phi) is 1.40. The van der Waals surface area contributed by atoms with E-state index in [1.807, 2.05) is 0 Å². The van der Waals surface area contributed by atoms with Gasteiger partial charge in [-0.1, -0.05) is 0 Å². The zero-order valence-corrected chi connectivity index (χ0v) is 7.56. The Bertz CT molecular complexity index is 380. The van der Waals surface area contributed by atoms with Crippen LogP contribution in [0.25, 0.3) is 0 Å². The zero-order valence-electron chi connectivity index (χ0n) is 7.56. The molecule has 2 heteroatoms. The van der Waals surface area contributed by atoms with E-state index in [4.69, 9.17) is 4.42 Å². The predicted octanol–water partition coefficient (Wildman–Crippen LogP) is 1.62. The second-order valence-electron chi connectivity index (χ2n) is 3.94. The molecule has 0 radical (unpaired) electrons. The highest BCUT2D eigenvalue weighted by Crippen LogP contribution is 2.26. The number of rotatable bonds is 0. The van der Waals surface area contributed by atoms with Crippen molar-refractivity contribution in [1.29, 1.82) is 0 Å². The highest BCUT2D eigenvalue weighted by Gasteiger charge is 2.24. The largest absolute Gasteiger partial charge is 0.465 e. The van der Waals surface area contributed by atoms with Crippen LogP contribution in [0.1, 0.15) is 35.5 Å². The Hall–Kier alpha value is -1.05. The van der Waals surface area contributed by atoms with Crippen molar-refractivity contribution in [2.45, 2.75) is 38.5 Å². The van der Waals surface area contributed by atoms with E-state index < -0.39 is 0 Å². The van der Waals surface area contributed by atoms with Gasteiger partial charge in [0, 0.05) is 24.0 Å². The molecule has 0 N–H and O–H groups in total. The van der Waals surface area contributed by atoms with Crippen molar-refractivity contribution in [1.82, 2.24) is 0 Å². The lowest BCUT2D eigenvalue weighted by molar-refractivity contribution is 0.458. The molecule has 0 aromatic carbocycles. The van der Waals surface area contributed by atoms with E-state index in [0.29, 0.717) is 5.43 Å². The predicted molar refractivity (Wildman–Crippen MR) is 49.0 cm³/mol. The average Bonchev–Trinajstić information content (AvgIpc) is 2.71. The van der Waals surface area contributed by atoms with Crippen LogP contribution in [0.15, 0.2) is 9.21 Å². The van der Waals surface area contributed by atoms with Gasteiger partial charge in [0.2, 0.25) is 0 Å². The third-order valence-electron chi connectivity index (χ3n) is 3.13. The molecule has 0 saturated carbocycles. The summed E-state index contributed by atoms with van der Waals surface area (Å²) in [6.07, 6.45) is 6.00. The molecule has 2 aliphatic rings. The fraction of sp³-hybridized carbons (Fsp3) is 0.545. The smallest absolute Gasteiger partial charge is 0.191 e. The topological polar surface area (TPSA) is 30.2 Å². The van der Waals surface area contributed by atoms with E-state index in [2.05, 4.69) is 0 Å². The summed E-state index contributed by atoms with van der Waals surface area (Å²) in [7, 11) is 0. The minimum atomic E-state index is 0.297. The summed E-state index contributed by atoms with van der Waals surface area (Å²) in [4.78, 5) is 11.9. The van der Waals surface area contributed by atoms with Crippen molar-refractivity contribution < 1.29 is 4.42 Å². The normalized spacial score (nSPS) is 18.8. The Labute approximate surface area is 76.6 Å². The molecule has 0 amide bonds. The van der Waals surface area contributed by atoms with E-state index >= 15 is 0 Å². The molecule has 0 aliphatic heterocycles. The fourth-order valence-electron chi connectivity index (χ4n) is 2.47. The quantitative estimate of drug-likeness (QED) is 0.601. The van der Waals surface area contributed by atoms with Crippen molar-refractivity contribution in [3.8, 4) is 0 Å². The Morgan fingerprint density at radius 1 is 0.846 bits per heavy atom. The summed E-state index contributed by atoms with van der Waals surface area (Å²) < 4.78 is 5.74. The summed E-state index contributed by atoms with van der Waals surface area (Å²) in [5.74, 6) is 1.95. The molecule has 0 bridgehead atoms. The molecule has 0 saturated heterocycles. The van der Waals surface area contributed by atoms with Crippen LogP contribution in [0.2, 0.25) is 0 Å². The molecule has 1 aromatic rings. The number of hydrogen-bond acceptors (Lipinski definition) is 2. The summed E-state index contributed by atoms with van der Waals surface area (Å²) in [5, 5.41) is 0. The molecule has 2 aliphatic carbocycles. The van der Waals surface area contributed by atoms with Crippen molar-refractivity contribution >= 4 is 0 Å². The monoisotopic (exact) mass is 176 g/mol. The molecular formula is C11H12O2. The second-order valence-corrected chi connectivity index (χ2v) is 3.94. The highest BCUT2D eigenvalue weighted by molar-refractivity contribution is 5.32. The van der Waals surface area contributed by atoms with E-state index in [1.54, 1.807) is 0 Å². The highest BCUT2D eigenvalue weighted by atomic mass is 16.3. The maximum absolute atomic E-state index is 11.9. The molecule has 0 spiro atoms. The van der Waals surface area contributed by atoms with Gasteiger partial charge < -0.3 is 4.42 Å². The SMILES string of the molecule is O=c1c2c(oc3c1CCC3)CCC2. The van der Waals surface area contributed by atoms with Gasteiger partial charge >= 0.3 is 0 Å². The van der Waals surface area contributed by atoms with Crippen molar-refractivity contribution in [2.75, 3.05) is 0 Å². The van der Waals surface area contributed by atoms with Gasteiger partial charge in [0.15, 0.2) is 5.43 Å². The molecule has 68 valence electrons. The number of fused-ring (bicyclic) bond motifs is 2. The third kappa shape index (κ3) is 0.916. The van der Waals surface area contributed by atoms with Crippen LogP contribution in [0.3, 0.4) is 0 Å². The standard InChI is InChI=1S/C11H12O2/c12-11-7-3-1-5-9(7)13-10-6-2-4-8(10)11/h1-6H2. The summed E-state index contributed by atoms with van der Waals surface area (Å²) in [6.45, 7) is 0. The molecule has 1 heterocycles. The van der Waals surface area contributed by atoms with Crippen molar-refractivity contribution in [3.63, 3.8) is 0 Å². The van der Waals surface area contributed by atoms with E-state index in [0.717, 1.165) is 61.2 Å². The van der Waals surface area contributed by atoms with Gasteiger partial charge in [-0.15, -0.1) is 0 Å². The van der Waals surface area contributed by atoms with Gasteiger partial charge in [-0.25, -0.2) is 0 Å². The van der Waals surface area contributed by atoms with Crippen LogP contribution in [0.4, 0.5) is 0 Å². The first kappa shape index (κ1) is 7.36. The lowest BCUT2D eigenvalue weighted by atomic mass is 10.1. The van der Waals surface area contributed by atoms with Crippen LogP contribution >= 0.6 is 0 Å². The van der Waals surface area contributed by atoms with Gasteiger partial charge in [0.05, 0.1) is 0 Å². The second kappa shape index (κ2) is 2.47. The van der Waals surface area contributed by atoms with Crippen LogP contribution in [-0.4, -0.2) is 0 Å². The van der Waals surface area contributed by atoms with Gasteiger partial charge in [-0.3, -0.25) is 4.79 Å². The zero-order chi connectivity index (χ0) is 8.84. The first-order valence-corrected chi connectivity index (χ1v) is 5.03. The van der Waals surface area contributed by atoms with E-state index in [-0.39, 0.29) is 0 Å². The van der Waals surface area contributed by atoms with Gasteiger partial charge in [0.25, 0.3) is 0 Å². The van der Waals surface area contributed by atoms with Crippen LogP contribution in [0.5, 0.6) is 0 Å². The van der Waals surface area contributed by atoms with Crippen molar-refractivity contribution in [3.05, 3.63) is 32.9 Å². The summed E-state index contributed by atoms with van der Waals surface area (Å²) in [5.41, 5.74) is 2.24. The first-order chi connectivity index (χ1) is 6.36. The van der Waals surface area contributed by atoms with Crippen molar-refractivity contribution in [2.24, 2.45) is 0 Å². The van der Waals surface area contributed by atoms with E-state index in [1.165, 1.54) is 0 Å².